The van der Waals surface area contributed by atoms with Crippen molar-refractivity contribution in [3.05, 3.63) is 0 Å². The largest absolute Gasteiger partial charge is 0.222 e. The van der Waals surface area contributed by atoms with Crippen LogP contribution >= 0.6 is 0 Å². The second-order valence-corrected chi connectivity index (χ2v) is 5.67. The van der Waals surface area contributed by atoms with Crippen molar-refractivity contribution in [2.75, 3.05) is 0 Å². The molecule has 0 aromatic carbocycles. The minimum absolute atomic E-state index is 0. The van der Waals surface area contributed by atoms with Gasteiger partial charge >= 0.3 is 0 Å². The van der Waals surface area contributed by atoms with Crippen LogP contribution in [0.4, 0.5) is 0 Å². The first-order chi connectivity index (χ1) is 10.0. The molecule has 0 heterocycles. The van der Waals surface area contributed by atoms with Crippen LogP contribution in [-0.4, -0.2) is 0 Å². The Hall–Kier alpha value is 1.23. The van der Waals surface area contributed by atoms with Gasteiger partial charge in [-0.3, -0.25) is 0 Å². The summed E-state index contributed by atoms with van der Waals surface area (Å²) in [6.45, 7) is 0. The normalized spacial score (nSPS) is 11.5. The Labute approximate surface area is 163 Å². The van der Waals surface area contributed by atoms with Crippen molar-refractivity contribution < 1.29 is 163 Å². The molecule has 165 valence electrons. The molecule has 0 amide bonds. The zero-order valence-electron chi connectivity index (χ0n) is 10.5. The van der Waals surface area contributed by atoms with Gasteiger partial charge in [-0.1, -0.05) is 0 Å². The predicted octanol–water partition coefficient (Wildman–Crippen LogP) is -23.8. The van der Waals surface area contributed by atoms with Crippen LogP contribution in [0.5, 0.6) is 0 Å². The zero-order chi connectivity index (χ0) is 22.5. The van der Waals surface area contributed by atoms with Gasteiger partial charge in [0.1, 0.15) is 0 Å². The number of halogens is 5. The maximum Gasteiger partial charge on any atom is 0 e. The van der Waals surface area contributed by atoms with Crippen molar-refractivity contribution in [3.63, 3.8) is 0 Å². The van der Waals surface area contributed by atoms with Crippen molar-refractivity contribution in [2.45, 2.75) is 0 Å². The van der Waals surface area contributed by atoms with Crippen LogP contribution in [0.15, 0.2) is 0 Å². The molecule has 0 saturated heterocycles. The van der Waals surface area contributed by atoms with Gasteiger partial charge < -0.3 is 0 Å². The Morgan fingerprint density at radius 2 is 0.192 bits per heavy atom. The van der Waals surface area contributed by atoms with Gasteiger partial charge in [-0.15, -0.1) is 51.2 Å². The number of hydrogen-bond acceptors (Lipinski definition) is 20. The van der Waals surface area contributed by atoms with Crippen LogP contribution in [0, 0.1) is 51.2 Å². The molecule has 26 heteroatoms. The van der Waals surface area contributed by atoms with E-state index in [4.69, 9.17) is 93.2 Å². The SMILES string of the molecule is [O-][Cl+3]([O-])([O-])[O-].[O-][Cl+3]([O-])([O-])[O-].[O-][Cl+3]([O-])([O-])[O-].[O-][Cl+3]([O-])([O-])[O-].[O-][Cl+3]([O-])([O-])[O-].[V]. The Morgan fingerprint density at radius 1 is 0.192 bits per heavy atom. The summed E-state index contributed by atoms with van der Waals surface area (Å²) in [5, 5.41) is 0. The van der Waals surface area contributed by atoms with Gasteiger partial charge in [0.25, 0.3) is 0 Å². The molecule has 0 fully saturated rings. The minimum Gasteiger partial charge on any atom is -0.222 e. The molecule has 20 nitrogen and oxygen atoms in total. The number of hydrogen-bond donors (Lipinski definition) is 0. The van der Waals surface area contributed by atoms with E-state index in [9.17, 15) is 0 Å². The summed E-state index contributed by atoms with van der Waals surface area (Å²) >= 11 is 0. The summed E-state index contributed by atoms with van der Waals surface area (Å²) in [4.78, 5) is 0. The van der Waals surface area contributed by atoms with E-state index in [1.165, 1.54) is 0 Å². The minimum atomic E-state index is -4.94. The fourth-order valence-corrected chi connectivity index (χ4v) is 0. The molecule has 0 N–H and O–H groups in total. The van der Waals surface area contributed by atoms with Gasteiger partial charge in [-0.25, -0.2) is 93.2 Å². The fraction of sp³-hybridized carbons (Fsp3) is 0. The average Bonchev–Trinajstić information content (AvgIpc) is 1.79. The second kappa shape index (κ2) is 17.1. The molecule has 1 radical (unpaired) electrons. The molecule has 0 aromatic rings. The molecule has 0 aromatic heterocycles. The molecule has 0 saturated carbocycles. The van der Waals surface area contributed by atoms with Gasteiger partial charge in [0, 0.05) is 18.6 Å². The van der Waals surface area contributed by atoms with E-state index < -0.39 is 51.2 Å². The Balaban J connectivity index is -0.0000000476. The summed E-state index contributed by atoms with van der Waals surface area (Å²) < 4.78 is 170. The third-order valence-corrected chi connectivity index (χ3v) is 0. The summed E-state index contributed by atoms with van der Waals surface area (Å²) in [7, 11) is -24.7. The van der Waals surface area contributed by atoms with Crippen molar-refractivity contribution in [3.8, 4) is 0 Å². The van der Waals surface area contributed by atoms with E-state index in [1.54, 1.807) is 0 Å². The first-order valence-corrected chi connectivity index (χ1v) is 9.26. The van der Waals surface area contributed by atoms with Crippen molar-refractivity contribution >= 4 is 0 Å². The van der Waals surface area contributed by atoms with Gasteiger partial charge in [-0.05, 0) is 0 Å². The van der Waals surface area contributed by atoms with Crippen LogP contribution in [-0.2, 0) is 18.6 Å². The molecule has 0 unspecified atom stereocenters. The number of rotatable bonds is 0. The predicted molar refractivity (Wildman–Crippen MR) is 0 cm³/mol. The van der Waals surface area contributed by atoms with E-state index in [0.29, 0.717) is 0 Å². The molecule has 26 heavy (non-hydrogen) atoms. The molecule has 0 aliphatic heterocycles. The standard InChI is InChI=1S/5ClHO4.V/c5*2-1(3,4)5;/h5*(H,2,3,4,5);/p-5. The first-order valence-electron chi connectivity index (χ1n) is 3.09. The van der Waals surface area contributed by atoms with E-state index in [0.717, 1.165) is 0 Å². The molecule has 0 atom stereocenters. The van der Waals surface area contributed by atoms with Crippen molar-refractivity contribution in [2.24, 2.45) is 0 Å². The van der Waals surface area contributed by atoms with E-state index in [1.807, 2.05) is 0 Å². The van der Waals surface area contributed by atoms with Crippen LogP contribution in [0.2, 0.25) is 0 Å². The summed E-state index contributed by atoms with van der Waals surface area (Å²) in [5.74, 6) is 0. The monoisotopic (exact) mass is 546 g/mol. The Kier molecular flexibility index (Phi) is 27.4. The molecular formula is Cl5O20V-5. The summed E-state index contributed by atoms with van der Waals surface area (Å²) in [5.41, 5.74) is 0. The summed E-state index contributed by atoms with van der Waals surface area (Å²) in [6, 6.07) is 0. The molecule has 0 aliphatic carbocycles. The quantitative estimate of drug-likeness (QED) is 0.271. The van der Waals surface area contributed by atoms with E-state index >= 15 is 0 Å². The van der Waals surface area contributed by atoms with Crippen LogP contribution in [0.25, 0.3) is 0 Å². The second-order valence-electron chi connectivity index (χ2n) is 1.89. The molecule has 0 aliphatic rings. The van der Waals surface area contributed by atoms with E-state index in [-0.39, 0.29) is 18.6 Å². The average molecular weight is 548 g/mol. The smallest absolute Gasteiger partial charge is 0 e. The maximum absolute atomic E-state index is 8.49. The van der Waals surface area contributed by atoms with E-state index in [2.05, 4.69) is 0 Å². The van der Waals surface area contributed by atoms with Crippen molar-refractivity contribution in [1.82, 2.24) is 0 Å². The van der Waals surface area contributed by atoms with Gasteiger partial charge in [-0.2, -0.15) is 0 Å². The zero-order valence-corrected chi connectivity index (χ0v) is 15.7. The van der Waals surface area contributed by atoms with Crippen LogP contribution in [0.1, 0.15) is 0 Å². The Morgan fingerprint density at radius 3 is 0.192 bits per heavy atom. The summed E-state index contributed by atoms with van der Waals surface area (Å²) in [6.07, 6.45) is 0. The van der Waals surface area contributed by atoms with Gasteiger partial charge in [0.2, 0.25) is 0 Å². The van der Waals surface area contributed by atoms with Crippen LogP contribution < -0.4 is 93.2 Å². The first kappa shape index (κ1) is 41.6. The third kappa shape index (κ3) is 9730. The maximum atomic E-state index is 8.49. The van der Waals surface area contributed by atoms with Gasteiger partial charge in [0.15, 0.2) is 0 Å². The van der Waals surface area contributed by atoms with Gasteiger partial charge in [0.05, 0.1) is 0 Å². The molecule has 0 spiro atoms. The van der Waals surface area contributed by atoms with Crippen molar-refractivity contribution in [1.29, 1.82) is 0 Å². The fourth-order valence-electron chi connectivity index (χ4n) is 0. The Bertz CT molecular complexity index is 171. The molecule has 0 bridgehead atoms. The third-order valence-electron chi connectivity index (χ3n) is 0. The molecular weight excluding hydrogens is 548 g/mol. The molecule has 0 rings (SSSR count). The topological polar surface area (TPSA) is 461 Å². The van der Waals surface area contributed by atoms with Crippen LogP contribution in [0.3, 0.4) is 0 Å².